The van der Waals surface area contributed by atoms with E-state index < -0.39 is 0 Å². The Morgan fingerprint density at radius 3 is 2.74 bits per heavy atom. The van der Waals surface area contributed by atoms with E-state index >= 15 is 0 Å². The molecule has 4 heteroatoms. The van der Waals surface area contributed by atoms with Gasteiger partial charge in [0.1, 0.15) is 0 Å². The predicted octanol–water partition coefficient (Wildman–Crippen LogP) is 2.77. The summed E-state index contributed by atoms with van der Waals surface area (Å²) in [6.07, 6.45) is 8.58. The number of nitrogens with one attached hydrogen (secondary N) is 1. The Balaban J connectivity index is 1.75. The smallest absolute Gasteiger partial charge is 0.0759 e. The molecule has 2 saturated carbocycles. The van der Waals surface area contributed by atoms with Crippen LogP contribution in [0.15, 0.2) is 6.20 Å². The van der Waals surface area contributed by atoms with Crippen molar-refractivity contribution in [1.29, 1.82) is 0 Å². The van der Waals surface area contributed by atoms with Crippen molar-refractivity contribution in [1.82, 2.24) is 20.3 Å². The summed E-state index contributed by atoms with van der Waals surface area (Å²) >= 11 is 0. The Hall–Kier alpha value is -0.900. The van der Waals surface area contributed by atoms with Gasteiger partial charge in [-0.2, -0.15) is 0 Å². The fraction of sp³-hybridized carbons (Fsp3) is 0.867. The van der Waals surface area contributed by atoms with Gasteiger partial charge in [0.05, 0.1) is 17.9 Å². The number of nitrogens with zero attached hydrogens (tertiary/aromatic N) is 3. The van der Waals surface area contributed by atoms with E-state index in [-0.39, 0.29) is 0 Å². The van der Waals surface area contributed by atoms with Crippen molar-refractivity contribution in [2.24, 2.45) is 17.8 Å². The first-order chi connectivity index (χ1) is 9.33. The molecule has 2 aliphatic rings. The van der Waals surface area contributed by atoms with Crippen molar-refractivity contribution in [3.8, 4) is 0 Å². The van der Waals surface area contributed by atoms with Gasteiger partial charge in [-0.05, 0) is 56.4 Å². The zero-order valence-corrected chi connectivity index (χ0v) is 12.2. The Bertz CT molecular complexity index is 404. The van der Waals surface area contributed by atoms with Crippen LogP contribution in [0.3, 0.4) is 0 Å². The molecule has 19 heavy (non-hydrogen) atoms. The lowest BCUT2D eigenvalue weighted by Gasteiger charge is -2.26. The molecule has 2 aliphatic carbocycles. The largest absolute Gasteiger partial charge is 0.308 e. The van der Waals surface area contributed by atoms with Crippen LogP contribution in [-0.2, 0) is 6.54 Å². The number of hydrogen-bond donors (Lipinski definition) is 1. The van der Waals surface area contributed by atoms with Crippen LogP contribution in [0, 0.1) is 17.8 Å². The highest BCUT2D eigenvalue weighted by Crippen LogP contribution is 2.57. The molecule has 3 rings (SSSR count). The average Bonchev–Trinajstić information content (AvgIpc) is 2.84. The highest BCUT2D eigenvalue weighted by atomic mass is 15.4. The van der Waals surface area contributed by atoms with Crippen molar-refractivity contribution in [2.75, 3.05) is 6.54 Å². The van der Waals surface area contributed by atoms with Gasteiger partial charge in [0.25, 0.3) is 0 Å². The number of aromatic nitrogens is 3. The van der Waals surface area contributed by atoms with E-state index in [0.29, 0.717) is 6.04 Å². The fourth-order valence-corrected chi connectivity index (χ4v) is 3.74. The normalized spacial score (nSPS) is 30.3. The summed E-state index contributed by atoms with van der Waals surface area (Å²) in [5.74, 6) is 2.86. The van der Waals surface area contributed by atoms with Gasteiger partial charge in [0, 0.05) is 6.54 Å². The summed E-state index contributed by atoms with van der Waals surface area (Å²) in [5.41, 5.74) is 1.31. The molecule has 4 nitrogen and oxygen atoms in total. The van der Waals surface area contributed by atoms with Crippen LogP contribution in [0.4, 0.5) is 0 Å². The minimum Gasteiger partial charge on any atom is -0.308 e. The van der Waals surface area contributed by atoms with Gasteiger partial charge in [-0.3, -0.25) is 0 Å². The monoisotopic (exact) mass is 262 g/mol. The highest BCUT2D eigenvalue weighted by molar-refractivity contribution is 5.09. The molecule has 1 aromatic heterocycles. The van der Waals surface area contributed by atoms with Gasteiger partial charge in [-0.15, -0.1) is 5.10 Å². The van der Waals surface area contributed by atoms with Crippen LogP contribution in [0.2, 0.25) is 0 Å². The molecule has 106 valence electrons. The Labute approximate surface area is 116 Å². The minimum absolute atomic E-state index is 0.467. The zero-order chi connectivity index (χ0) is 13.2. The lowest BCUT2D eigenvalue weighted by Crippen LogP contribution is -2.30. The van der Waals surface area contributed by atoms with Crippen LogP contribution in [0.25, 0.3) is 0 Å². The van der Waals surface area contributed by atoms with E-state index in [1.807, 2.05) is 6.20 Å². The van der Waals surface area contributed by atoms with E-state index in [4.69, 9.17) is 0 Å². The zero-order valence-electron chi connectivity index (χ0n) is 12.2. The standard InChI is InChI=1S/C15H26N4/c1-3-5-16-15(13-8-11-7-12(11)9-13)14-10-17-18-19(14)6-4-2/h10-13,15-16H,3-9H2,1-2H3. The van der Waals surface area contributed by atoms with Crippen LogP contribution < -0.4 is 5.32 Å². The van der Waals surface area contributed by atoms with Crippen molar-refractivity contribution >= 4 is 0 Å². The molecule has 3 atom stereocenters. The van der Waals surface area contributed by atoms with Gasteiger partial charge in [0.2, 0.25) is 0 Å². The maximum Gasteiger partial charge on any atom is 0.0759 e. The van der Waals surface area contributed by atoms with E-state index in [1.165, 1.54) is 31.4 Å². The average molecular weight is 262 g/mol. The molecule has 0 aliphatic heterocycles. The molecule has 1 aromatic rings. The summed E-state index contributed by atoms with van der Waals surface area (Å²) in [6.45, 7) is 6.51. The highest BCUT2D eigenvalue weighted by Gasteiger charge is 2.48. The topological polar surface area (TPSA) is 42.7 Å². The van der Waals surface area contributed by atoms with Gasteiger partial charge in [-0.1, -0.05) is 19.1 Å². The summed E-state index contributed by atoms with van der Waals surface area (Å²) in [4.78, 5) is 0. The Morgan fingerprint density at radius 1 is 1.26 bits per heavy atom. The van der Waals surface area contributed by atoms with E-state index in [0.717, 1.165) is 37.3 Å². The first-order valence-electron chi connectivity index (χ1n) is 7.95. The first kappa shape index (κ1) is 13.1. The molecule has 2 fully saturated rings. The van der Waals surface area contributed by atoms with Crippen LogP contribution in [0.1, 0.15) is 57.7 Å². The molecule has 0 amide bonds. The fourth-order valence-electron chi connectivity index (χ4n) is 3.74. The van der Waals surface area contributed by atoms with E-state index in [2.05, 4.69) is 34.2 Å². The molecule has 0 radical (unpaired) electrons. The molecule has 0 bridgehead atoms. The van der Waals surface area contributed by atoms with Gasteiger partial charge < -0.3 is 5.32 Å². The van der Waals surface area contributed by atoms with Crippen molar-refractivity contribution in [2.45, 2.75) is 58.5 Å². The Kier molecular flexibility index (Phi) is 3.87. The second-order valence-corrected chi connectivity index (χ2v) is 6.30. The Morgan fingerprint density at radius 2 is 2.05 bits per heavy atom. The molecule has 3 unspecified atom stereocenters. The molecular weight excluding hydrogens is 236 g/mol. The lowest BCUT2D eigenvalue weighted by atomic mass is 9.92. The third-order valence-electron chi connectivity index (χ3n) is 4.77. The predicted molar refractivity (Wildman–Crippen MR) is 75.7 cm³/mol. The quantitative estimate of drug-likeness (QED) is 0.821. The van der Waals surface area contributed by atoms with Crippen molar-refractivity contribution in [3.05, 3.63) is 11.9 Å². The number of hydrogen-bond acceptors (Lipinski definition) is 3. The second kappa shape index (κ2) is 5.61. The van der Waals surface area contributed by atoms with Crippen molar-refractivity contribution < 1.29 is 0 Å². The summed E-state index contributed by atoms with van der Waals surface area (Å²) < 4.78 is 2.11. The second-order valence-electron chi connectivity index (χ2n) is 6.30. The molecule has 0 spiro atoms. The summed E-state index contributed by atoms with van der Waals surface area (Å²) in [7, 11) is 0. The van der Waals surface area contributed by atoms with Gasteiger partial charge >= 0.3 is 0 Å². The maximum atomic E-state index is 4.26. The minimum atomic E-state index is 0.467. The van der Waals surface area contributed by atoms with Crippen LogP contribution in [0.5, 0.6) is 0 Å². The van der Waals surface area contributed by atoms with Gasteiger partial charge in [0.15, 0.2) is 0 Å². The summed E-state index contributed by atoms with van der Waals surface area (Å²) in [6, 6.07) is 0.467. The molecule has 1 heterocycles. The van der Waals surface area contributed by atoms with Crippen LogP contribution >= 0.6 is 0 Å². The van der Waals surface area contributed by atoms with Crippen LogP contribution in [-0.4, -0.2) is 21.5 Å². The number of fused-ring (bicyclic) bond motifs is 1. The number of aryl methyl sites for hydroxylation is 1. The molecule has 0 aromatic carbocycles. The lowest BCUT2D eigenvalue weighted by molar-refractivity contribution is 0.322. The first-order valence-corrected chi connectivity index (χ1v) is 7.95. The van der Waals surface area contributed by atoms with E-state index in [1.54, 1.807) is 0 Å². The number of rotatable bonds is 7. The third-order valence-corrected chi connectivity index (χ3v) is 4.77. The SMILES string of the molecule is CCCNC(c1cnnn1CCC)C1CC2CC2C1. The van der Waals surface area contributed by atoms with Crippen molar-refractivity contribution in [3.63, 3.8) is 0 Å². The maximum absolute atomic E-state index is 4.26. The molecule has 1 N–H and O–H groups in total. The molecular formula is C15H26N4. The summed E-state index contributed by atoms with van der Waals surface area (Å²) in [5, 5.41) is 12.2. The van der Waals surface area contributed by atoms with Gasteiger partial charge in [-0.25, -0.2) is 4.68 Å². The third kappa shape index (κ3) is 2.69. The molecule has 0 saturated heterocycles. The van der Waals surface area contributed by atoms with E-state index in [9.17, 15) is 0 Å².